The van der Waals surface area contributed by atoms with E-state index in [4.69, 9.17) is 14.2 Å². The predicted molar refractivity (Wildman–Crippen MR) is 197 cm³/mol. The van der Waals surface area contributed by atoms with Gasteiger partial charge in [-0.1, -0.05) is 32.9 Å². The molecule has 1 N–H and O–H groups in total. The number of halogens is 1. The van der Waals surface area contributed by atoms with Crippen molar-refractivity contribution in [2.75, 3.05) is 40.3 Å². The predicted octanol–water partition coefficient (Wildman–Crippen LogP) is 4.70. The molecular formula is C39H53FN6O7. The average Bonchev–Trinajstić information content (AvgIpc) is 3.70. The first-order valence-corrected chi connectivity index (χ1v) is 17.7. The van der Waals surface area contributed by atoms with Gasteiger partial charge in [-0.05, 0) is 74.6 Å². The number of benzene rings is 2. The molecule has 3 unspecified atom stereocenters. The summed E-state index contributed by atoms with van der Waals surface area (Å²) in [6.07, 6.45) is 2.93. The van der Waals surface area contributed by atoms with Crippen molar-refractivity contribution in [2.45, 2.75) is 78.2 Å². The summed E-state index contributed by atoms with van der Waals surface area (Å²) in [5.74, 6) is -0.280. The van der Waals surface area contributed by atoms with Gasteiger partial charge in [0, 0.05) is 39.8 Å². The zero-order valence-electron chi connectivity index (χ0n) is 32.2. The molecule has 0 spiro atoms. The summed E-state index contributed by atoms with van der Waals surface area (Å²) in [6, 6.07) is 11.8. The van der Waals surface area contributed by atoms with Crippen LogP contribution in [-0.2, 0) is 27.8 Å². The lowest BCUT2D eigenvalue weighted by Gasteiger charge is -2.37. The van der Waals surface area contributed by atoms with Gasteiger partial charge in [0.15, 0.2) is 0 Å². The standard InChI is InChI=1S/C39H53FN6O7/c1-38(2,3)34(42-33(47)24-44(8)37(50)53-39(4,5)6)36(49)46-22-31(52-30-16-14-29(51-9)15-17-30)20-28(46)21-45(35(48)32-23-43(7)25-41-32)19-18-26-10-12-27(40)13-11-26/h10-17,23,25,28,31,34H,18-22,24H2,1-9H3,(H,42,47). The molecule has 2 aromatic carbocycles. The van der Waals surface area contributed by atoms with Gasteiger partial charge in [0.05, 0.1) is 26.0 Å². The normalized spacial score (nSPS) is 16.5. The lowest BCUT2D eigenvalue weighted by atomic mass is 9.85. The molecular weight excluding hydrogens is 683 g/mol. The Morgan fingerprint density at radius 2 is 1.64 bits per heavy atom. The van der Waals surface area contributed by atoms with E-state index in [-0.39, 0.29) is 49.5 Å². The topological polar surface area (TPSA) is 136 Å². The van der Waals surface area contributed by atoms with Crippen molar-refractivity contribution >= 4 is 23.8 Å². The Morgan fingerprint density at radius 3 is 2.21 bits per heavy atom. The SMILES string of the molecule is COc1ccc(OC2CC(CN(CCc3ccc(F)cc3)C(=O)c3cn(C)cn3)N(C(=O)C(NC(=O)CN(C)C(=O)OC(C)(C)C)C(C)(C)C)C2)cc1. The van der Waals surface area contributed by atoms with Crippen molar-refractivity contribution in [2.24, 2.45) is 12.5 Å². The first-order chi connectivity index (χ1) is 24.8. The van der Waals surface area contributed by atoms with E-state index in [9.17, 15) is 23.6 Å². The number of hydrogen-bond donors (Lipinski definition) is 1. The quantitative estimate of drug-likeness (QED) is 0.267. The molecule has 0 aliphatic carbocycles. The number of carbonyl (C=O) groups is 4. The Kier molecular flexibility index (Phi) is 13.1. The number of aromatic nitrogens is 2. The smallest absolute Gasteiger partial charge is 0.410 e. The summed E-state index contributed by atoms with van der Waals surface area (Å²) in [4.78, 5) is 63.3. The highest BCUT2D eigenvalue weighted by Crippen LogP contribution is 2.30. The number of aryl methyl sites for hydroxylation is 1. The monoisotopic (exact) mass is 736 g/mol. The zero-order chi connectivity index (χ0) is 39.1. The number of hydrogen-bond acceptors (Lipinski definition) is 8. The molecule has 13 nitrogen and oxygen atoms in total. The number of likely N-dealkylation sites (tertiary alicyclic amines) is 1. The van der Waals surface area contributed by atoms with Crippen LogP contribution in [0.25, 0.3) is 0 Å². The van der Waals surface area contributed by atoms with E-state index in [2.05, 4.69) is 10.3 Å². The second-order valence-corrected chi connectivity index (χ2v) is 15.6. The summed E-state index contributed by atoms with van der Waals surface area (Å²) >= 11 is 0. The minimum absolute atomic E-state index is 0.150. The lowest BCUT2D eigenvalue weighted by molar-refractivity contribution is -0.140. The minimum atomic E-state index is -0.983. The molecule has 1 fully saturated rings. The highest BCUT2D eigenvalue weighted by Gasteiger charge is 2.44. The maximum Gasteiger partial charge on any atom is 0.410 e. The number of likely N-dealkylation sites (N-methyl/N-ethyl adjacent to an activating group) is 1. The van der Waals surface area contributed by atoms with Crippen LogP contribution in [0.4, 0.5) is 9.18 Å². The van der Waals surface area contributed by atoms with Gasteiger partial charge in [0.1, 0.15) is 47.3 Å². The van der Waals surface area contributed by atoms with Crippen LogP contribution in [0.5, 0.6) is 11.5 Å². The second-order valence-electron chi connectivity index (χ2n) is 15.6. The molecule has 1 saturated heterocycles. The Bertz CT molecular complexity index is 1720. The molecule has 1 aromatic heterocycles. The van der Waals surface area contributed by atoms with E-state index >= 15 is 0 Å². The molecule has 288 valence electrons. The zero-order valence-corrected chi connectivity index (χ0v) is 32.2. The third kappa shape index (κ3) is 11.7. The summed E-state index contributed by atoms with van der Waals surface area (Å²) in [7, 11) is 4.81. The maximum atomic E-state index is 14.6. The van der Waals surface area contributed by atoms with Crippen LogP contribution in [0.15, 0.2) is 61.1 Å². The van der Waals surface area contributed by atoms with Gasteiger partial charge < -0.3 is 38.8 Å². The first kappa shape index (κ1) is 40.6. The Morgan fingerprint density at radius 1 is 1.00 bits per heavy atom. The minimum Gasteiger partial charge on any atom is -0.497 e. The summed E-state index contributed by atoms with van der Waals surface area (Å²) < 4.78 is 32.4. The number of carbonyl (C=O) groups excluding carboxylic acids is 4. The van der Waals surface area contributed by atoms with Crippen LogP contribution in [0.2, 0.25) is 0 Å². The van der Waals surface area contributed by atoms with Gasteiger partial charge in [-0.2, -0.15) is 0 Å². The molecule has 4 rings (SSSR count). The number of methoxy groups -OCH3 is 1. The Labute approximate surface area is 311 Å². The molecule has 1 aliphatic heterocycles. The van der Waals surface area contributed by atoms with Crippen molar-refractivity contribution in [1.82, 2.24) is 29.6 Å². The Balaban J connectivity index is 1.61. The van der Waals surface area contributed by atoms with Crippen molar-refractivity contribution < 1.29 is 37.8 Å². The van der Waals surface area contributed by atoms with Crippen molar-refractivity contribution in [3.63, 3.8) is 0 Å². The van der Waals surface area contributed by atoms with Crippen molar-refractivity contribution in [3.8, 4) is 11.5 Å². The summed E-state index contributed by atoms with van der Waals surface area (Å²) in [6.45, 7) is 11.1. The van der Waals surface area contributed by atoms with Gasteiger partial charge in [-0.15, -0.1) is 0 Å². The van der Waals surface area contributed by atoms with Crippen LogP contribution in [0.3, 0.4) is 0 Å². The van der Waals surface area contributed by atoms with E-state index < -0.39 is 41.2 Å². The largest absolute Gasteiger partial charge is 0.497 e. The number of amides is 4. The van der Waals surface area contributed by atoms with Crippen molar-refractivity contribution in [1.29, 1.82) is 0 Å². The molecule has 0 radical (unpaired) electrons. The lowest BCUT2D eigenvalue weighted by Crippen LogP contribution is -2.58. The summed E-state index contributed by atoms with van der Waals surface area (Å²) in [5, 5.41) is 2.88. The molecule has 2 heterocycles. The van der Waals surface area contributed by atoms with E-state index in [0.29, 0.717) is 24.3 Å². The molecule has 0 saturated carbocycles. The highest BCUT2D eigenvalue weighted by atomic mass is 19.1. The van der Waals surface area contributed by atoms with Crippen LogP contribution in [-0.4, -0.2) is 112 Å². The van der Waals surface area contributed by atoms with E-state index in [1.807, 2.05) is 20.8 Å². The molecule has 1 aliphatic rings. The molecule has 53 heavy (non-hydrogen) atoms. The van der Waals surface area contributed by atoms with Gasteiger partial charge in [0.2, 0.25) is 11.8 Å². The van der Waals surface area contributed by atoms with Crippen molar-refractivity contribution in [3.05, 3.63) is 78.1 Å². The van der Waals surface area contributed by atoms with E-state index in [0.717, 1.165) is 10.5 Å². The molecule has 4 amide bonds. The number of ether oxygens (including phenoxy) is 3. The van der Waals surface area contributed by atoms with Crippen LogP contribution < -0.4 is 14.8 Å². The third-order valence-corrected chi connectivity index (χ3v) is 8.75. The van der Waals surface area contributed by atoms with Gasteiger partial charge in [0.25, 0.3) is 5.91 Å². The average molecular weight is 737 g/mol. The molecule has 0 bridgehead atoms. The van der Waals surface area contributed by atoms with Gasteiger partial charge >= 0.3 is 6.09 Å². The van der Waals surface area contributed by atoms with Crippen LogP contribution >= 0.6 is 0 Å². The fraction of sp³-hybridized carbons (Fsp3) is 0.513. The second kappa shape index (κ2) is 17.1. The number of nitrogens with zero attached hydrogens (tertiary/aromatic N) is 5. The number of imidazole rings is 1. The van der Waals surface area contributed by atoms with Crippen LogP contribution in [0, 0.1) is 11.2 Å². The van der Waals surface area contributed by atoms with Gasteiger partial charge in [-0.25, -0.2) is 14.2 Å². The maximum absolute atomic E-state index is 14.6. The van der Waals surface area contributed by atoms with Gasteiger partial charge in [-0.3, -0.25) is 14.4 Å². The number of rotatable bonds is 13. The molecule has 14 heteroatoms. The molecule has 3 aromatic rings. The van der Waals surface area contributed by atoms with E-state index in [1.165, 1.54) is 19.2 Å². The third-order valence-electron chi connectivity index (χ3n) is 8.75. The number of nitrogens with one attached hydrogen (secondary N) is 1. The first-order valence-electron chi connectivity index (χ1n) is 17.7. The highest BCUT2D eigenvalue weighted by molar-refractivity contribution is 5.92. The van der Waals surface area contributed by atoms with Crippen LogP contribution in [0.1, 0.15) is 64.0 Å². The van der Waals surface area contributed by atoms with E-state index in [1.54, 1.807) is 98.2 Å². The fourth-order valence-electron chi connectivity index (χ4n) is 6.02. The Hall–Kier alpha value is -5.14. The fourth-order valence-corrected chi connectivity index (χ4v) is 6.02. The molecule has 3 atom stereocenters. The summed E-state index contributed by atoms with van der Waals surface area (Å²) in [5.41, 5.74) is -0.381.